The van der Waals surface area contributed by atoms with E-state index in [0.29, 0.717) is 31.2 Å². The molecule has 2 fully saturated rings. The van der Waals surface area contributed by atoms with Crippen molar-refractivity contribution in [2.75, 3.05) is 33.7 Å². The summed E-state index contributed by atoms with van der Waals surface area (Å²) in [6.45, 7) is 3.84. The van der Waals surface area contributed by atoms with E-state index in [-0.39, 0.29) is 6.03 Å². The van der Waals surface area contributed by atoms with Crippen LogP contribution in [0.25, 0.3) is 0 Å². The predicted octanol–water partition coefficient (Wildman–Crippen LogP) is 1.37. The highest BCUT2D eigenvalue weighted by Crippen LogP contribution is 2.39. The van der Waals surface area contributed by atoms with Gasteiger partial charge in [-0.05, 0) is 39.3 Å². The Hall–Kier alpha value is -2.62. The zero-order valence-electron chi connectivity index (χ0n) is 16.5. The number of rotatable bonds is 5. The molecule has 1 aliphatic carbocycles. The van der Waals surface area contributed by atoms with Crippen molar-refractivity contribution in [1.82, 2.24) is 15.1 Å². The lowest BCUT2D eigenvalue weighted by atomic mass is 9.79. The van der Waals surface area contributed by atoms with Gasteiger partial charge in [0, 0.05) is 25.2 Å². The average Bonchev–Trinajstić information content (AvgIpc) is 2.88. The Balaban J connectivity index is 0.000000416. The maximum absolute atomic E-state index is 12.0. The van der Waals surface area contributed by atoms with Crippen molar-refractivity contribution in [2.45, 2.75) is 38.2 Å². The summed E-state index contributed by atoms with van der Waals surface area (Å²) in [5.41, 5.74) is -0.437. The van der Waals surface area contributed by atoms with Crippen molar-refractivity contribution < 1.29 is 34.1 Å². The zero-order valence-corrected chi connectivity index (χ0v) is 16.5. The second kappa shape index (κ2) is 10.6. The lowest BCUT2D eigenvalue weighted by molar-refractivity contribution is -0.134. The molecule has 1 heterocycles. The van der Waals surface area contributed by atoms with E-state index in [0.717, 1.165) is 25.8 Å². The number of nitrogens with one attached hydrogen (secondary N) is 1. The standard InChI is InChI=1S/C14H25N3O3.C4H4O4/c1-11-5-4-6-14(9-11)10-17(13(19)20-14)12(18)15-7-8-16(2)3;5-3(6)1-2-4(7)8/h11H,4-10H2,1-3H3,(H,15,18);1-2H,(H,5,6)(H,7,8)/t11-,14?;/m0./s1. The van der Waals surface area contributed by atoms with Gasteiger partial charge in [-0.25, -0.2) is 24.1 Å². The fraction of sp³-hybridized carbons (Fsp3) is 0.667. The van der Waals surface area contributed by atoms with Gasteiger partial charge in [0.2, 0.25) is 0 Å². The molecule has 0 aromatic heterocycles. The lowest BCUT2D eigenvalue weighted by Gasteiger charge is -2.34. The number of hydrogen-bond acceptors (Lipinski definition) is 6. The predicted molar refractivity (Wildman–Crippen MR) is 99.9 cm³/mol. The molecule has 1 aliphatic heterocycles. The molecule has 1 saturated heterocycles. The van der Waals surface area contributed by atoms with Crippen molar-refractivity contribution in [3.63, 3.8) is 0 Å². The van der Waals surface area contributed by atoms with Gasteiger partial charge in [-0.1, -0.05) is 13.3 Å². The summed E-state index contributed by atoms with van der Waals surface area (Å²) < 4.78 is 5.54. The fourth-order valence-corrected chi connectivity index (χ4v) is 3.25. The average molecular weight is 399 g/mol. The van der Waals surface area contributed by atoms with Crippen molar-refractivity contribution in [3.05, 3.63) is 12.2 Å². The largest absolute Gasteiger partial charge is 0.478 e. The topological polar surface area (TPSA) is 136 Å². The number of carboxylic acid groups (broad SMARTS) is 2. The van der Waals surface area contributed by atoms with Crippen LogP contribution in [0.3, 0.4) is 0 Å². The third kappa shape index (κ3) is 7.95. The number of aliphatic carboxylic acids is 2. The van der Waals surface area contributed by atoms with Crippen LogP contribution in [0.1, 0.15) is 32.6 Å². The van der Waals surface area contributed by atoms with Crippen molar-refractivity contribution in [3.8, 4) is 0 Å². The Kier molecular flexibility index (Phi) is 8.90. The molecule has 1 unspecified atom stereocenters. The number of urea groups is 1. The van der Waals surface area contributed by atoms with E-state index >= 15 is 0 Å². The van der Waals surface area contributed by atoms with Crippen molar-refractivity contribution >= 4 is 24.1 Å². The smallest absolute Gasteiger partial charge is 0.418 e. The minimum Gasteiger partial charge on any atom is -0.478 e. The first-order valence-corrected chi connectivity index (χ1v) is 9.11. The second-order valence-electron chi connectivity index (χ2n) is 7.38. The summed E-state index contributed by atoms with van der Waals surface area (Å²) in [4.78, 5) is 46.3. The van der Waals surface area contributed by atoms with E-state index in [1.54, 1.807) is 0 Å². The van der Waals surface area contributed by atoms with E-state index in [1.807, 2.05) is 19.0 Å². The molecule has 1 spiro atoms. The molecule has 2 atom stereocenters. The Labute approximate surface area is 164 Å². The van der Waals surface area contributed by atoms with Crippen LogP contribution in [0.2, 0.25) is 0 Å². The van der Waals surface area contributed by atoms with Crippen molar-refractivity contribution in [2.24, 2.45) is 5.92 Å². The normalized spacial score (nSPS) is 24.1. The van der Waals surface area contributed by atoms with Crippen LogP contribution in [0.4, 0.5) is 9.59 Å². The Morgan fingerprint density at radius 3 is 2.39 bits per heavy atom. The summed E-state index contributed by atoms with van der Waals surface area (Å²) in [6, 6.07) is -0.341. The molecule has 2 aliphatic rings. The molecule has 2 rings (SSSR count). The van der Waals surface area contributed by atoms with E-state index in [2.05, 4.69) is 12.2 Å². The number of carbonyl (C=O) groups is 4. The van der Waals surface area contributed by atoms with Crippen LogP contribution in [0, 0.1) is 5.92 Å². The van der Waals surface area contributed by atoms with Crippen LogP contribution in [-0.2, 0) is 14.3 Å². The van der Waals surface area contributed by atoms with E-state index in [1.165, 1.54) is 11.3 Å². The van der Waals surface area contributed by atoms with Crippen LogP contribution in [0.15, 0.2) is 12.2 Å². The SMILES string of the molecule is C[C@H]1CCCC2(C1)CN(C(=O)NCCN(C)C)C(=O)O2.O=C(O)C=CC(=O)O. The second-order valence-corrected chi connectivity index (χ2v) is 7.38. The molecular weight excluding hydrogens is 370 g/mol. The number of likely N-dealkylation sites (N-methyl/N-ethyl adjacent to an activating group) is 1. The molecule has 10 heteroatoms. The number of carboxylic acids is 2. The van der Waals surface area contributed by atoms with Gasteiger partial charge in [0.25, 0.3) is 0 Å². The molecule has 3 N–H and O–H groups in total. The summed E-state index contributed by atoms with van der Waals surface area (Å²) >= 11 is 0. The van der Waals surface area contributed by atoms with Gasteiger partial charge in [0.1, 0.15) is 5.60 Å². The first kappa shape index (κ1) is 23.4. The highest BCUT2D eigenvalue weighted by Gasteiger charge is 2.49. The lowest BCUT2D eigenvalue weighted by Crippen LogP contribution is -2.45. The zero-order chi connectivity index (χ0) is 21.3. The molecular formula is C18H29N3O7. The van der Waals surface area contributed by atoms with Gasteiger partial charge in [-0.2, -0.15) is 0 Å². The van der Waals surface area contributed by atoms with E-state index < -0.39 is 23.6 Å². The number of hydrogen-bond donors (Lipinski definition) is 3. The molecule has 0 radical (unpaired) electrons. The van der Waals surface area contributed by atoms with Gasteiger partial charge >= 0.3 is 24.1 Å². The van der Waals surface area contributed by atoms with Crippen LogP contribution >= 0.6 is 0 Å². The molecule has 0 aromatic rings. The Morgan fingerprint density at radius 2 is 1.89 bits per heavy atom. The first-order valence-electron chi connectivity index (χ1n) is 9.11. The van der Waals surface area contributed by atoms with Gasteiger partial charge in [-0.15, -0.1) is 0 Å². The molecule has 28 heavy (non-hydrogen) atoms. The highest BCUT2D eigenvalue weighted by atomic mass is 16.6. The molecule has 158 valence electrons. The maximum Gasteiger partial charge on any atom is 0.418 e. The third-order valence-electron chi connectivity index (χ3n) is 4.47. The van der Waals surface area contributed by atoms with E-state index in [4.69, 9.17) is 14.9 Å². The number of imide groups is 1. The summed E-state index contributed by atoms with van der Waals surface area (Å²) in [6.07, 6.45) is 4.58. The van der Waals surface area contributed by atoms with Crippen molar-refractivity contribution in [1.29, 1.82) is 0 Å². The van der Waals surface area contributed by atoms with Gasteiger partial charge in [0.15, 0.2) is 0 Å². The molecule has 1 saturated carbocycles. The van der Waals surface area contributed by atoms with Crippen LogP contribution < -0.4 is 5.32 Å². The van der Waals surface area contributed by atoms with E-state index in [9.17, 15) is 19.2 Å². The quantitative estimate of drug-likeness (QED) is 0.590. The van der Waals surface area contributed by atoms with Gasteiger partial charge in [-0.3, -0.25) is 0 Å². The third-order valence-corrected chi connectivity index (χ3v) is 4.47. The van der Waals surface area contributed by atoms with Crippen LogP contribution in [-0.4, -0.2) is 83.4 Å². The Bertz CT molecular complexity index is 604. The van der Waals surface area contributed by atoms with Gasteiger partial charge in [0.05, 0.1) is 6.54 Å². The fourth-order valence-electron chi connectivity index (χ4n) is 3.25. The summed E-state index contributed by atoms with van der Waals surface area (Å²) in [5, 5.41) is 18.4. The van der Waals surface area contributed by atoms with Crippen LogP contribution in [0.5, 0.6) is 0 Å². The number of carbonyl (C=O) groups excluding carboxylic acids is 2. The summed E-state index contributed by atoms with van der Waals surface area (Å²) in [5.74, 6) is -1.96. The molecule has 10 nitrogen and oxygen atoms in total. The minimum absolute atomic E-state index is 0.341. The summed E-state index contributed by atoms with van der Waals surface area (Å²) in [7, 11) is 3.88. The molecule has 0 aromatic carbocycles. The monoisotopic (exact) mass is 399 g/mol. The molecule has 0 bridgehead atoms. The number of nitrogens with zero attached hydrogens (tertiary/aromatic N) is 2. The number of amides is 3. The first-order chi connectivity index (χ1) is 13.0. The Morgan fingerprint density at radius 1 is 1.29 bits per heavy atom. The molecule has 3 amide bonds. The van der Waals surface area contributed by atoms with Gasteiger partial charge < -0.3 is 25.2 Å². The minimum atomic E-state index is -1.26. The highest BCUT2D eigenvalue weighted by molar-refractivity contribution is 5.92. The maximum atomic E-state index is 12.0. The number of ether oxygens (including phenoxy) is 1.